The van der Waals surface area contributed by atoms with E-state index in [0.29, 0.717) is 17.0 Å². The first kappa shape index (κ1) is 10.7. The zero-order chi connectivity index (χ0) is 11.8. The maximum absolute atomic E-state index is 13.1. The first-order chi connectivity index (χ1) is 8.24. The second-order valence-corrected chi connectivity index (χ2v) is 4.45. The lowest BCUT2D eigenvalue weighted by Gasteiger charge is -2.20. The van der Waals surface area contributed by atoms with E-state index < -0.39 is 11.6 Å². The number of hydrogen-bond donors (Lipinski definition) is 2. The fraction of sp³-hybridized carbons (Fsp3) is 0.417. The Morgan fingerprint density at radius 3 is 2.82 bits per heavy atom. The van der Waals surface area contributed by atoms with Crippen LogP contribution in [0.4, 0.5) is 8.78 Å². The number of piperidine rings is 1. The van der Waals surface area contributed by atoms with Crippen LogP contribution >= 0.6 is 0 Å². The Morgan fingerprint density at radius 2 is 2.06 bits per heavy atom. The van der Waals surface area contributed by atoms with Crippen molar-refractivity contribution in [3.63, 3.8) is 0 Å². The third-order valence-electron chi connectivity index (χ3n) is 3.23. The van der Waals surface area contributed by atoms with Gasteiger partial charge in [-0.15, -0.1) is 0 Å². The smallest absolute Gasteiger partial charge is 0.161 e. The maximum atomic E-state index is 13.1. The van der Waals surface area contributed by atoms with Crippen LogP contribution in [0.5, 0.6) is 0 Å². The van der Waals surface area contributed by atoms with Crippen LogP contribution in [0.15, 0.2) is 12.1 Å². The number of halogens is 2. The van der Waals surface area contributed by atoms with Crippen LogP contribution < -0.4 is 5.32 Å². The molecule has 0 saturated carbocycles. The highest BCUT2D eigenvalue weighted by Gasteiger charge is 2.19. The molecule has 3 rings (SSSR count). The zero-order valence-corrected chi connectivity index (χ0v) is 9.26. The molecule has 1 fully saturated rings. The van der Waals surface area contributed by atoms with E-state index in [0.717, 1.165) is 43.9 Å². The molecule has 17 heavy (non-hydrogen) atoms. The molecular weight excluding hydrogens is 224 g/mol. The summed E-state index contributed by atoms with van der Waals surface area (Å²) in [6.07, 6.45) is 2.15. The molecule has 1 aromatic heterocycles. The molecule has 1 atom stereocenters. The number of aromatic nitrogens is 2. The number of aromatic amines is 1. The summed E-state index contributed by atoms with van der Waals surface area (Å²) in [5.41, 5.74) is 1.05. The van der Waals surface area contributed by atoms with Gasteiger partial charge in [0.25, 0.3) is 0 Å². The van der Waals surface area contributed by atoms with Gasteiger partial charge in [0.15, 0.2) is 11.6 Å². The summed E-state index contributed by atoms with van der Waals surface area (Å²) >= 11 is 0. The summed E-state index contributed by atoms with van der Waals surface area (Å²) in [5, 5.41) is 3.29. The van der Waals surface area contributed by atoms with Gasteiger partial charge < -0.3 is 10.3 Å². The van der Waals surface area contributed by atoms with Crippen molar-refractivity contribution >= 4 is 11.0 Å². The molecule has 0 amide bonds. The molecule has 0 aliphatic carbocycles. The SMILES string of the molecule is Fc1cc2nc(C3CCCNC3)[nH]c2cc1F. The lowest BCUT2D eigenvalue weighted by Crippen LogP contribution is -2.28. The third kappa shape index (κ3) is 1.91. The molecule has 0 bridgehead atoms. The van der Waals surface area contributed by atoms with Gasteiger partial charge in [-0.25, -0.2) is 13.8 Å². The Kier molecular flexibility index (Phi) is 2.55. The molecule has 0 spiro atoms. The van der Waals surface area contributed by atoms with Crippen LogP contribution in [-0.4, -0.2) is 23.1 Å². The molecule has 0 radical (unpaired) electrons. The quantitative estimate of drug-likeness (QED) is 0.799. The fourth-order valence-electron chi connectivity index (χ4n) is 2.30. The van der Waals surface area contributed by atoms with Crippen molar-refractivity contribution < 1.29 is 8.78 Å². The van der Waals surface area contributed by atoms with Crippen LogP contribution in [0.25, 0.3) is 11.0 Å². The second-order valence-electron chi connectivity index (χ2n) is 4.45. The highest BCUT2D eigenvalue weighted by Crippen LogP contribution is 2.24. The number of nitrogens with zero attached hydrogens (tertiary/aromatic N) is 1. The van der Waals surface area contributed by atoms with E-state index in [2.05, 4.69) is 15.3 Å². The Balaban J connectivity index is 2.00. The van der Waals surface area contributed by atoms with E-state index in [1.807, 2.05) is 0 Å². The molecule has 3 nitrogen and oxygen atoms in total. The van der Waals surface area contributed by atoms with E-state index in [1.165, 1.54) is 0 Å². The van der Waals surface area contributed by atoms with Gasteiger partial charge in [-0.1, -0.05) is 0 Å². The highest BCUT2D eigenvalue weighted by atomic mass is 19.2. The molecule has 2 N–H and O–H groups in total. The van der Waals surface area contributed by atoms with Crippen molar-refractivity contribution in [2.45, 2.75) is 18.8 Å². The average Bonchev–Trinajstić information content (AvgIpc) is 2.74. The average molecular weight is 237 g/mol. The third-order valence-corrected chi connectivity index (χ3v) is 3.23. The Hall–Kier alpha value is -1.49. The molecule has 1 aliphatic rings. The summed E-state index contributed by atoms with van der Waals surface area (Å²) in [6, 6.07) is 2.30. The number of hydrogen-bond acceptors (Lipinski definition) is 2. The standard InChI is InChI=1S/C12H13F2N3/c13-8-4-10-11(5-9(8)14)17-12(16-10)7-2-1-3-15-6-7/h4-5,7,15H,1-3,6H2,(H,16,17). The minimum atomic E-state index is -0.850. The number of nitrogens with one attached hydrogen (secondary N) is 2. The van der Waals surface area contributed by atoms with E-state index in [1.54, 1.807) is 0 Å². The van der Waals surface area contributed by atoms with Crippen LogP contribution in [-0.2, 0) is 0 Å². The van der Waals surface area contributed by atoms with E-state index in [9.17, 15) is 8.78 Å². The largest absolute Gasteiger partial charge is 0.342 e. The van der Waals surface area contributed by atoms with E-state index in [4.69, 9.17) is 0 Å². The molecule has 2 heterocycles. The number of imidazole rings is 1. The first-order valence-electron chi connectivity index (χ1n) is 5.79. The molecule has 90 valence electrons. The van der Waals surface area contributed by atoms with Crippen LogP contribution in [0.2, 0.25) is 0 Å². The monoisotopic (exact) mass is 237 g/mol. The van der Waals surface area contributed by atoms with Gasteiger partial charge in [0.1, 0.15) is 5.82 Å². The van der Waals surface area contributed by atoms with Crippen LogP contribution in [0.3, 0.4) is 0 Å². The molecule has 1 aliphatic heterocycles. The van der Waals surface area contributed by atoms with E-state index >= 15 is 0 Å². The van der Waals surface area contributed by atoms with Crippen LogP contribution in [0, 0.1) is 11.6 Å². The van der Waals surface area contributed by atoms with Crippen LogP contribution in [0.1, 0.15) is 24.6 Å². The van der Waals surface area contributed by atoms with Crippen molar-refractivity contribution in [1.82, 2.24) is 15.3 Å². The van der Waals surface area contributed by atoms with Gasteiger partial charge in [-0.3, -0.25) is 0 Å². The van der Waals surface area contributed by atoms with Gasteiger partial charge >= 0.3 is 0 Å². The molecular formula is C12H13F2N3. The Labute approximate surface area is 97.2 Å². The topological polar surface area (TPSA) is 40.7 Å². The van der Waals surface area contributed by atoms with Gasteiger partial charge in [0, 0.05) is 24.6 Å². The minimum absolute atomic E-state index is 0.308. The lowest BCUT2D eigenvalue weighted by atomic mass is 9.99. The van der Waals surface area contributed by atoms with Gasteiger partial charge in [-0.2, -0.15) is 0 Å². The van der Waals surface area contributed by atoms with Gasteiger partial charge in [0.2, 0.25) is 0 Å². The Bertz CT molecular complexity index is 505. The number of H-pyrrole nitrogens is 1. The predicted molar refractivity (Wildman–Crippen MR) is 60.9 cm³/mol. The van der Waals surface area contributed by atoms with Crippen molar-refractivity contribution in [2.75, 3.05) is 13.1 Å². The van der Waals surface area contributed by atoms with Crippen molar-refractivity contribution in [2.24, 2.45) is 0 Å². The maximum Gasteiger partial charge on any atom is 0.161 e. The zero-order valence-electron chi connectivity index (χ0n) is 9.26. The number of benzene rings is 1. The van der Waals surface area contributed by atoms with Gasteiger partial charge in [-0.05, 0) is 19.4 Å². The molecule has 5 heteroatoms. The normalized spacial score (nSPS) is 20.9. The lowest BCUT2D eigenvalue weighted by molar-refractivity contribution is 0.449. The minimum Gasteiger partial charge on any atom is -0.342 e. The highest BCUT2D eigenvalue weighted by molar-refractivity contribution is 5.75. The molecule has 1 saturated heterocycles. The molecule has 1 unspecified atom stereocenters. The summed E-state index contributed by atoms with van der Waals surface area (Å²) in [4.78, 5) is 7.41. The first-order valence-corrected chi connectivity index (χ1v) is 5.79. The second kappa shape index (κ2) is 4.07. The van der Waals surface area contributed by atoms with E-state index in [-0.39, 0.29) is 0 Å². The molecule has 2 aromatic rings. The summed E-state index contributed by atoms with van der Waals surface area (Å²) in [6.45, 7) is 1.89. The predicted octanol–water partition coefficient (Wildman–Crippen LogP) is 2.31. The van der Waals surface area contributed by atoms with Crippen molar-refractivity contribution in [3.05, 3.63) is 29.6 Å². The Morgan fingerprint density at radius 1 is 1.24 bits per heavy atom. The molecule has 1 aromatic carbocycles. The number of rotatable bonds is 1. The van der Waals surface area contributed by atoms with Gasteiger partial charge in [0.05, 0.1) is 11.0 Å². The summed E-state index contributed by atoms with van der Waals surface area (Å²) in [7, 11) is 0. The van der Waals surface area contributed by atoms with Crippen molar-refractivity contribution in [1.29, 1.82) is 0 Å². The summed E-state index contributed by atoms with van der Waals surface area (Å²) < 4.78 is 26.1. The number of fused-ring (bicyclic) bond motifs is 1. The fourth-order valence-corrected chi connectivity index (χ4v) is 2.30. The van der Waals surface area contributed by atoms with Crippen molar-refractivity contribution in [3.8, 4) is 0 Å². The summed E-state index contributed by atoms with van der Waals surface area (Å²) in [5.74, 6) is -0.564.